The van der Waals surface area contributed by atoms with Crippen LogP contribution in [0.5, 0.6) is 0 Å². The molecule has 7 heteroatoms. The van der Waals surface area contributed by atoms with Crippen LogP contribution in [0.25, 0.3) is 0 Å². The number of benzene rings is 3. The molecule has 1 aliphatic heterocycles. The standard InChI is InChI=1S/C30H37N3O3S/c1-23-11-15-29(16-12-23)37(35,36)33(28-14-13-24(2)25(3)19-28)22-30(34)31-20-26-9-5-6-10-27(26)21-32-17-7-4-8-18-32/h5-6,9-16,19H,4,7-8,17-18,20-22H2,1-3H3,(H,31,34). The minimum atomic E-state index is -3.94. The Morgan fingerprint density at radius 3 is 2.22 bits per heavy atom. The zero-order valence-electron chi connectivity index (χ0n) is 22.0. The summed E-state index contributed by atoms with van der Waals surface area (Å²) in [6, 6.07) is 20.3. The maximum absolute atomic E-state index is 13.7. The number of likely N-dealkylation sites (tertiary alicyclic amines) is 1. The summed E-state index contributed by atoms with van der Waals surface area (Å²) in [4.78, 5) is 15.8. The van der Waals surface area contributed by atoms with Crippen LogP contribution in [0.2, 0.25) is 0 Å². The van der Waals surface area contributed by atoms with E-state index in [2.05, 4.69) is 16.3 Å². The smallest absolute Gasteiger partial charge is 0.264 e. The molecular formula is C30H37N3O3S. The van der Waals surface area contributed by atoms with Gasteiger partial charge in [0.25, 0.3) is 10.0 Å². The second kappa shape index (κ2) is 11.9. The summed E-state index contributed by atoms with van der Waals surface area (Å²) in [6.45, 7) is 8.95. The van der Waals surface area contributed by atoms with E-state index in [1.807, 2.05) is 51.1 Å². The predicted molar refractivity (Wildman–Crippen MR) is 149 cm³/mol. The highest BCUT2D eigenvalue weighted by Crippen LogP contribution is 2.26. The molecule has 196 valence electrons. The van der Waals surface area contributed by atoms with Crippen molar-refractivity contribution in [1.82, 2.24) is 10.2 Å². The largest absolute Gasteiger partial charge is 0.350 e. The number of carbonyl (C=O) groups excluding carboxylic acids is 1. The summed E-state index contributed by atoms with van der Waals surface area (Å²) in [7, 11) is -3.94. The first-order valence-electron chi connectivity index (χ1n) is 13.0. The number of aryl methyl sites for hydroxylation is 3. The van der Waals surface area contributed by atoms with Gasteiger partial charge in [0.15, 0.2) is 0 Å². The third-order valence-electron chi connectivity index (χ3n) is 7.11. The molecule has 0 radical (unpaired) electrons. The molecule has 0 atom stereocenters. The van der Waals surface area contributed by atoms with E-state index in [4.69, 9.17) is 0 Å². The Morgan fingerprint density at radius 1 is 0.865 bits per heavy atom. The monoisotopic (exact) mass is 519 g/mol. The molecule has 1 aliphatic rings. The molecule has 0 saturated carbocycles. The Hall–Kier alpha value is -3.16. The zero-order chi connectivity index (χ0) is 26.4. The Balaban J connectivity index is 1.52. The van der Waals surface area contributed by atoms with Crippen LogP contribution < -0.4 is 9.62 Å². The molecule has 0 bridgehead atoms. The van der Waals surface area contributed by atoms with Crippen LogP contribution in [0.15, 0.2) is 71.6 Å². The molecule has 0 unspecified atom stereocenters. The summed E-state index contributed by atoms with van der Waals surface area (Å²) in [6.07, 6.45) is 3.74. The maximum atomic E-state index is 13.7. The predicted octanol–water partition coefficient (Wildman–Crippen LogP) is 5.11. The van der Waals surface area contributed by atoms with Gasteiger partial charge in [-0.2, -0.15) is 0 Å². The summed E-state index contributed by atoms with van der Waals surface area (Å²) in [5.74, 6) is -0.346. The zero-order valence-corrected chi connectivity index (χ0v) is 22.9. The fourth-order valence-electron chi connectivity index (χ4n) is 4.66. The third-order valence-corrected chi connectivity index (χ3v) is 8.90. The normalized spacial score (nSPS) is 14.4. The Labute approximate surface area is 221 Å². The van der Waals surface area contributed by atoms with E-state index in [0.717, 1.165) is 41.9 Å². The lowest BCUT2D eigenvalue weighted by atomic mass is 10.0. The van der Waals surface area contributed by atoms with Gasteiger partial charge in [0.05, 0.1) is 10.6 Å². The maximum Gasteiger partial charge on any atom is 0.264 e. The highest BCUT2D eigenvalue weighted by atomic mass is 32.2. The number of nitrogens with one attached hydrogen (secondary N) is 1. The second-order valence-electron chi connectivity index (χ2n) is 9.98. The third kappa shape index (κ3) is 6.79. The summed E-state index contributed by atoms with van der Waals surface area (Å²) in [5, 5.41) is 2.97. The molecule has 0 aromatic heterocycles. The molecule has 0 spiro atoms. The number of carbonyl (C=O) groups is 1. The van der Waals surface area contributed by atoms with Crippen LogP contribution in [0.4, 0.5) is 5.69 Å². The molecule has 6 nitrogen and oxygen atoms in total. The van der Waals surface area contributed by atoms with Gasteiger partial charge in [0.1, 0.15) is 6.54 Å². The summed E-state index contributed by atoms with van der Waals surface area (Å²) >= 11 is 0. The van der Waals surface area contributed by atoms with E-state index < -0.39 is 10.0 Å². The Morgan fingerprint density at radius 2 is 1.54 bits per heavy atom. The number of rotatable bonds is 9. The molecule has 37 heavy (non-hydrogen) atoms. The van der Waals surface area contributed by atoms with Crippen molar-refractivity contribution in [1.29, 1.82) is 0 Å². The van der Waals surface area contributed by atoms with Crippen molar-refractivity contribution in [3.63, 3.8) is 0 Å². The first-order valence-corrected chi connectivity index (χ1v) is 14.4. The van der Waals surface area contributed by atoms with Crippen LogP contribution in [0.3, 0.4) is 0 Å². The first-order chi connectivity index (χ1) is 17.7. The average Bonchev–Trinajstić information content (AvgIpc) is 2.89. The van der Waals surface area contributed by atoms with Crippen molar-refractivity contribution >= 4 is 21.6 Å². The highest BCUT2D eigenvalue weighted by molar-refractivity contribution is 7.92. The van der Waals surface area contributed by atoms with Crippen LogP contribution in [0.1, 0.15) is 47.1 Å². The topological polar surface area (TPSA) is 69.7 Å². The lowest BCUT2D eigenvalue weighted by Gasteiger charge is -2.27. The van der Waals surface area contributed by atoms with E-state index in [1.165, 1.54) is 29.1 Å². The SMILES string of the molecule is Cc1ccc(S(=O)(=O)N(CC(=O)NCc2ccccc2CN2CCCCC2)c2ccc(C)c(C)c2)cc1. The van der Waals surface area contributed by atoms with E-state index in [0.29, 0.717) is 12.2 Å². The van der Waals surface area contributed by atoms with Gasteiger partial charge in [-0.1, -0.05) is 54.4 Å². The number of sulfonamides is 1. The van der Waals surface area contributed by atoms with Gasteiger partial charge in [-0.15, -0.1) is 0 Å². The number of amides is 1. The van der Waals surface area contributed by atoms with Crippen molar-refractivity contribution < 1.29 is 13.2 Å². The number of hydrogen-bond acceptors (Lipinski definition) is 4. The molecular weight excluding hydrogens is 482 g/mol. The van der Waals surface area contributed by atoms with Crippen molar-refractivity contribution in [2.45, 2.75) is 58.0 Å². The molecule has 3 aromatic rings. The first kappa shape index (κ1) is 26.9. The number of hydrogen-bond donors (Lipinski definition) is 1. The lowest BCUT2D eigenvalue weighted by molar-refractivity contribution is -0.119. The minimum Gasteiger partial charge on any atom is -0.350 e. The van der Waals surface area contributed by atoms with Crippen LogP contribution in [-0.4, -0.2) is 38.9 Å². The van der Waals surface area contributed by atoms with Gasteiger partial charge >= 0.3 is 0 Å². The van der Waals surface area contributed by atoms with E-state index >= 15 is 0 Å². The Kier molecular flexibility index (Phi) is 8.67. The van der Waals surface area contributed by atoms with Crippen LogP contribution >= 0.6 is 0 Å². The lowest BCUT2D eigenvalue weighted by Crippen LogP contribution is -2.41. The molecule has 1 fully saturated rings. The van der Waals surface area contributed by atoms with E-state index in [9.17, 15) is 13.2 Å². The second-order valence-corrected chi connectivity index (χ2v) is 11.8. The highest BCUT2D eigenvalue weighted by Gasteiger charge is 2.27. The molecule has 1 heterocycles. The van der Waals surface area contributed by atoms with Gasteiger partial charge in [-0.25, -0.2) is 8.42 Å². The summed E-state index contributed by atoms with van der Waals surface area (Å²) in [5.41, 5.74) is 5.73. The van der Waals surface area contributed by atoms with Crippen molar-refractivity contribution in [3.05, 3.63) is 94.5 Å². The quantitative estimate of drug-likeness (QED) is 0.427. The van der Waals surface area contributed by atoms with Gasteiger partial charge in [0.2, 0.25) is 5.91 Å². The van der Waals surface area contributed by atoms with Gasteiger partial charge in [0, 0.05) is 13.1 Å². The average molecular weight is 520 g/mol. The summed E-state index contributed by atoms with van der Waals surface area (Å²) < 4.78 is 28.5. The molecule has 0 aliphatic carbocycles. The fraction of sp³-hybridized carbons (Fsp3) is 0.367. The van der Waals surface area contributed by atoms with Crippen molar-refractivity contribution in [3.8, 4) is 0 Å². The van der Waals surface area contributed by atoms with E-state index in [1.54, 1.807) is 30.3 Å². The minimum absolute atomic E-state index is 0.163. The van der Waals surface area contributed by atoms with Crippen LogP contribution in [0, 0.1) is 20.8 Å². The number of piperidine rings is 1. The van der Waals surface area contributed by atoms with E-state index in [-0.39, 0.29) is 17.3 Å². The number of anilines is 1. The van der Waals surface area contributed by atoms with Gasteiger partial charge in [-0.05, 0) is 93.2 Å². The van der Waals surface area contributed by atoms with Crippen LogP contribution in [-0.2, 0) is 27.9 Å². The number of nitrogens with zero attached hydrogens (tertiary/aromatic N) is 2. The fourth-order valence-corrected chi connectivity index (χ4v) is 6.07. The van der Waals surface area contributed by atoms with Crippen molar-refractivity contribution in [2.24, 2.45) is 0 Å². The molecule has 4 rings (SSSR count). The Bertz CT molecular complexity index is 1330. The molecule has 3 aromatic carbocycles. The van der Waals surface area contributed by atoms with Gasteiger partial charge < -0.3 is 5.32 Å². The molecule has 1 saturated heterocycles. The molecule has 1 amide bonds. The van der Waals surface area contributed by atoms with Gasteiger partial charge in [-0.3, -0.25) is 14.0 Å². The van der Waals surface area contributed by atoms with Crippen molar-refractivity contribution in [2.75, 3.05) is 23.9 Å². The molecule has 1 N–H and O–H groups in total.